The van der Waals surface area contributed by atoms with Gasteiger partial charge in [0.05, 0.1) is 11.9 Å². The summed E-state index contributed by atoms with van der Waals surface area (Å²) in [5.74, 6) is 0.568. The van der Waals surface area contributed by atoms with Crippen molar-refractivity contribution in [2.75, 3.05) is 23.7 Å². The Morgan fingerprint density at radius 3 is 2.97 bits per heavy atom. The zero-order valence-electron chi connectivity index (χ0n) is 18.4. The minimum atomic E-state index is -0.134. The van der Waals surface area contributed by atoms with Crippen LogP contribution in [0.4, 0.5) is 17.2 Å². The van der Waals surface area contributed by atoms with E-state index in [1.165, 1.54) is 31.2 Å². The maximum Gasteiger partial charge on any atom is 0.248 e. The van der Waals surface area contributed by atoms with E-state index in [1.807, 2.05) is 31.3 Å². The van der Waals surface area contributed by atoms with Crippen molar-refractivity contribution in [2.24, 2.45) is 0 Å². The van der Waals surface area contributed by atoms with Gasteiger partial charge in [-0.15, -0.1) is 0 Å². The second-order valence-corrected chi connectivity index (χ2v) is 8.30. The average Bonchev–Trinajstić information content (AvgIpc) is 3.06. The van der Waals surface area contributed by atoms with Crippen LogP contribution in [0.2, 0.25) is 0 Å². The first kappa shape index (κ1) is 21.1. The van der Waals surface area contributed by atoms with Crippen molar-refractivity contribution >= 4 is 28.6 Å². The molecule has 7 nitrogen and oxygen atoms in total. The largest absolute Gasteiger partial charge is 0.338 e. The Morgan fingerprint density at radius 1 is 1.29 bits per heavy atom. The summed E-state index contributed by atoms with van der Waals surface area (Å²) in [5, 5.41) is 10.7. The molecule has 162 valence electrons. The standard InChI is InChI=1S/C24H30N6O/c1-17-8-6-10-20(14-17)27-24-23-19(3)21(15-30(23)26-16-25-24)28-22(31)11-7-13-29-12-5-4-9-18(29)2/h6-8,10-11,14-16,18H,4-5,9,12-13H2,1-3H3,(H,28,31)(H,25,26,27)/b11-7+. The molecule has 1 fully saturated rings. The van der Waals surface area contributed by atoms with Crippen LogP contribution in [0.15, 0.2) is 48.9 Å². The molecule has 2 N–H and O–H groups in total. The molecule has 1 amide bonds. The second-order valence-electron chi connectivity index (χ2n) is 8.30. The van der Waals surface area contributed by atoms with Gasteiger partial charge in [0, 0.05) is 29.9 Å². The van der Waals surface area contributed by atoms with E-state index in [2.05, 4.69) is 51.6 Å². The molecule has 4 rings (SSSR count). The first-order chi connectivity index (χ1) is 15.0. The highest BCUT2D eigenvalue weighted by atomic mass is 16.1. The third-order valence-corrected chi connectivity index (χ3v) is 5.92. The third-order valence-electron chi connectivity index (χ3n) is 5.92. The maximum atomic E-state index is 12.5. The zero-order valence-corrected chi connectivity index (χ0v) is 18.4. The number of likely N-dealkylation sites (tertiary alicyclic amines) is 1. The lowest BCUT2D eigenvalue weighted by molar-refractivity contribution is -0.111. The van der Waals surface area contributed by atoms with E-state index in [-0.39, 0.29) is 5.91 Å². The van der Waals surface area contributed by atoms with Gasteiger partial charge in [0.15, 0.2) is 5.82 Å². The molecule has 2 aromatic heterocycles. The number of benzene rings is 1. The smallest absolute Gasteiger partial charge is 0.248 e. The molecule has 1 unspecified atom stereocenters. The van der Waals surface area contributed by atoms with Gasteiger partial charge in [-0.05, 0) is 57.9 Å². The first-order valence-corrected chi connectivity index (χ1v) is 10.9. The highest BCUT2D eigenvalue weighted by Crippen LogP contribution is 2.28. The van der Waals surface area contributed by atoms with Gasteiger partial charge < -0.3 is 10.6 Å². The molecule has 0 bridgehead atoms. The van der Waals surface area contributed by atoms with E-state index in [4.69, 9.17) is 0 Å². The number of amides is 1. The van der Waals surface area contributed by atoms with E-state index in [0.29, 0.717) is 11.9 Å². The van der Waals surface area contributed by atoms with Gasteiger partial charge in [0.25, 0.3) is 0 Å². The van der Waals surface area contributed by atoms with E-state index >= 15 is 0 Å². The molecule has 0 spiro atoms. The number of hydrogen-bond donors (Lipinski definition) is 2. The zero-order chi connectivity index (χ0) is 21.8. The number of rotatable bonds is 6. The van der Waals surface area contributed by atoms with Gasteiger partial charge in [0.1, 0.15) is 11.8 Å². The molecule has 0 aliphatic carbocycles. The van der Waals surface area contributed by atoms with Crippen molar-refractivity contribution in [1.82, 2.24) is 19.5 Å². The number of nitrogens with zero attached hydrogens (tertiary/aromatic N) is 4. The topological polar surface area (TPSA) is 74.6 Å². The van der Waals surface area contributed by atoms with Gasteiger partial charge in [-0.1, -0.05) is 24.6 Å². The van der Waals surface area contributed by atoms with Gasteiger partial charge in [-0.2, -0.15) is 5.10 Å². The summed E-state index contributed by atoms with van der Waals surface area (Å²) in [4.78, 5) is 19.3. The number of hydrogen-bond acceptors (Lipinski definition) is 5. The highest BCUT2D eigenvalue weighted by Gasteiger charge is 2.17. The lowest BCUT2D eigenvalue weighted by Gasteiger charge is -2.32. The number of carbonyl (C=O) groups is 1. The second kappa shape index (κ2) is 9.31. The Labute approximate surface area is 183 Å². The van der Waals surface area contributed by atoms with Crippen LogP contribution < -0.4 is 10.6 Å². The van der Waals surface area contributed by atoms with Crippen molar-refractivity contribution in [3.8, 4) is 0 Å². The number of nitrogens with one attached hydrogen (secondary N) is 2. The fourth-order valence-electron chi connectivity index (χ4n) is 4.14. The summed E-state index contributed by atoms with van der Waals surface area (Å²) in [5.41, 5.74) is 4.61. The molecule has 1 atom stereocenters. The van der Waals surface area contributed by atoms with Crippen LogP contribution in [0.5, 0.6) is 0 Å². The van der Waals surface area contributed by atoms with E-state index in [9.17, 15) is 4.79 Å². The Bertz CT molecular complexity index is 1100. The molecule has 7 heteroatoms. The van der Waals surface area contributed by atoms with Crippen molar-refractivity contribution in [3.05, 3.63) is 60.1 Å². The van der Waals surface area contributed by atoms with Crippen LogP contribution in [-0.4, -0.2) is 44.5 Å². The van der Waals surface area contributed by atoms with Gasteiger partial charge >= 0.3 is 0 Å². The lowest BCUT2D eigenvalue weighted by Crippen LogP contribution is -2.37. The van der Waals surface area contributed by atoms with E-state index in [1.54, 1.807) is 10.6 Å². The van der Waals surface area contributed by atoms with Crippen LogP contribution in [0.25, 0.3) is 5.52 Å². The van der Waals surface area contributed by atoms with E-state index in [0.717, 1.165) is 35.5 Å². The number of fused-ring (bicyclic) bond motifs is 1. The van der Waals surface area contributed by atoms with Crippen molar-refractivity contribution in [1.29, 1.82) is 0 Å². The summed E-state index contributed by atoms with van der Waals surface area (Å²) in [7, 11) is 0. The lowest BCUT2D eigenvalue weighted by atomic mass is 10.0. The Morgan fingerprint density at radius 2 is 2.16 bits per heavy atom. The minimum absolute atomic E-state index is 0.134. The molecule has 0 saturated carbocycles. The summed E-state index contributed by atoms with van der Waals surface area (Å²) < 4.78 is 1.75. The fourth-order valence-corrected chi connectivity index (χ4v) is 4.14. The van der Waals surface area contributed by atoms with E-state index < -0.39 is 0 Å². The molecular weight excluding hydrogens is 388 g/mol. The number of anilines is 3. The monoisotopic (exact) mass is 418 g/mol. The van der Waals surface area contributed by atoms with Crippen LogP contribution in [0.3, 0.4) is 0 Å². The van der Waals surface area contributed by atoms with Crippen LogP contribution in [0, 0.1) is 13.8 Å². The molecule has 3 heterocycles. The number of carbonyl (C=O) groups excluding carboxylic acids is 1. The number of piperidine rings is 1. The van der Waals surface area contributed by atoms with Crippen molar-refractivity contribution in [2.45, 2.75) is 46.1 Å². The highest BCUT2D eigenvalue weighted by molar-refractivity contribution is 6.01. The normalized spacial score (nSPS) is 17.3. The van der Waals surface area contributed by atoms with Crippen molar-refractivity contribution < 1.29 is 4.79 Å². The summed E-state index contributed by atoms with van der Waals surface area (Å²) >= 11 is 0. The minimum Gasteiger partial charge on any atom is -0.338 e. The first-order valence-electron chi connectivity index (χ1n) is 10.9. The summed E-state index contributed by atoms with van der Waals surface area (Å²) in [6.07, 6.45) is 10.7. The predicted octanol–water partition coefficient (Wildman–Crippen LogP) is 4.46. The number of aryl methyl sites for hydroxylation is 2. The van der Waals surface area contributed by atoms with Gasteiger partial charge in [-0.25, -0.2) is 9.50 Å². The molecule has 1 aliphatic heterocycles. The molecular formula is C24H30N6O. The Balaban J connectivity index is 1.47. The Kier molecular flexibility index (Phi) is 6.32. The number of aromatic nitrogens is 3. The Hall–Kier alpha value is -3.19. The van der Waals surface area contributed by atoms with Crippen molar-refractivity contribution in [3.63, 3.8) is 0 Å². The van der Waals surface area contributed by atoms with Crippen LogP contribution in [-0.2, 0) is 4.79 Å². The molecule has 1 aromatic carbocycles. The summed E-state index contributed by atoms with van der Waals surface area (Å²) in [6, 6.07) is 8.70. The molecule has 1 aliphatic rings. The fraction of sp³-hybridized carbons (Fsp3) is 0.375. The summed E-state index contributed by atoms with van der Waals surface area (Å²) in [6.45, 7) is 8.19. The van der Waals surface area contributed by atoms with Crippen LogP contribution >= 0.6 is 0 Å². The maximum absolute atomic E-state index is 12.5. The third kappa shape index (κ3) is 4.94. The average molecular weight is 419 g/mol. The predicted molar refractivity (Wildman–Crippen MR) is 125 cm³/mol. The molecule has 0 radical (unpaired) electrons. The van der Waals surface area contributed by atoms with Gasteiger partial charge in [0.2, 0.25) is 5.91 Å². The quantitative estimate of drug-likeness (QED) is 0.578. The molecule has 31 heavy (non-hydrogen) atoms. The van der Waals surface area contributed by atoms with Gasteiger partial charge in [-0.3, -0.25) is 9.69 Å². The molecule has 1 saturated heterocycles. The van der Waals surface area contributed by atoms with Crippen LogP contribution in [0.1, 0.15) is 37.3 Å². The molecule has 3 aromatic rings. The SMILES string of the molecule is Cc1cccc(Nc2ncnn3cc(NC(=O)/C=C/CN4CCCCC4C)c(C)c23)c1.